The Hall–Kier alpha value is -2.55. The van der Waals surface area contributed by atoms with E-state index in [0.717, 1.165) is 23.5 Å². The number of fused-ring (bicyclic) bond motifs is 1. The van der Waals surface area contributed by atoms with Crippen molar-refractivity contribution in [1.82, 2.24) is 19.6 Å². The van der Waals surface area contributed by atoms with E-state index >= 15 is 0 Å². The average molecular weight is 413 g/mol. The van der Waals surface area contributed by atoms with Gasteiger partial charge in [-0.15, -0.1) is 11.3 Å². The van der Waals surface area contributed by atoms with E-state index in [9.17, 15) is 9.59 Å². The zero-order chi connectivity index (χ0) is 20.2. The zero-order valence-electron chi connectivity index (χ0n) is 16.3. The van der Waals surface area contributed by atoms with E-state index in [1.165, 1.54) is 21.9 Å². The summed E-state index contributed by atoms with van der Waals surface area (Å²) in [6.07, 6.45) is 3.80. The number of hydrogen-bond donors (Lipinski definition) is 1. The predicted octanol–water partition coefficient (Wildman–Crippen LogP) is 1.74. The fourth-order valence-electron chi connectivity index (χ4n) is 3.57. The van der Waals surface area contributed by atoms with Crippen LogP contribution in [0.1, 0.15) is 20.8 Å². The first-order valence-corrected chi connectivity index (χ1v) is 10.5. The topological polar surface area (TPSA) is 75.9 Å². The number of aromatic nitrogens is 2. The SMILES string of the molecule is Cc1cn2c(=O)c(C(=O)NC(Cc3ccccc3)CN3CCOCC3)cnc2s1. The van der Waals surface area contributed by atoms with Crippen molar-refractivity contribution >= 4 is 22.2 Å². The summed E-state index contributed by atoms with van der Waals surface area (Å²) in [6.45, 7) is 5.70. The number of carbonyl (C=O) groups excluding carboxylic acids is 1. The molecule has 29 heavy (non-hydrogen) atoms. The summed E-state index contributed by atoms with van der Waals surface area (Å²) in [6, 6.07) is 9.94. The molecule has 1 unspecified atom stereocenters. The van der Waals surface area contributed by atoms with Crippen LogP contribution in [0.5, 0.6) is 0 Å². The van der Waals surface area contributed by atoms with Crippen LogP contribution in [-0.4, -0.2) is 59.1 Å². The van der Waals surface area contributed by atoms with Gasteiger partial charge in [0.05, 0.1) is 13.2 Å². The Morgan fingerprint density at radius 3 is 2.79 bits per heavy atom. The third kappa shape index (κ3) is 4.72. The number of thiazole rings is 1. The number of hydrogen-bond acceptors (Lipinski definition) is 6. The number of morpholine rings is 1. The molecule has 152 valence electrons. The molecule has 3 aromatic rings. The molecule has 2 aromatic heterocycles. The van der Waals surface area contributed by atoms with Gasteiger partial charge in [0.15, 0.2) is 4.96 Å². The van der Waals surface area contributed by atoms with Crippen molar-refractivity contribution in [3.8, 4) is 0 Å². The van der Waals surface area contributed by atoms with Crippen molar-refractivity contribution in [3.05, 3.63) is 69.1 Å². The Morgan fingerprint density at radius 1 is 1.28 bits per heavy atom. The molecule has 8 heteroatoms. The molecule has 0 bridgehead atoms. The van der Waals surface area contributed by atoms with E-state index in [-0.39, 0.29) is 23.1 Å². The maximum absolute atomic E-state index is 13.0. The molecule has 1 aliphatic rings. The lowest BCUT2D eigenvalue weighted by Gasteiger charge is -2.31. The molecule has 1 atom stereocenters. The summed E-state index contributed by atoms with van der Waals surface area (Å²) in [5.41, 5.74) is 0.881. The van der Waals surface area contributed by atoms with Crippen molar-refractivity contribution < 1.29 is 9.53 Å². The minimum absolute atomic E-state index is 0.0698. The Kier molecular flexibility index (Phi) is 6.03. The Balaban J connectivity index is 1.54. The predicted molar refractivity (Wildman–Crippen MR) is 113 cm³/mol. The first-order chi connectivity index (χ1) is 14.1. The van der Waals surface area contributed by atoms with Crippen LogP contribution in [0, 0.1) is 6.92 Å². The number of rotatable bonds is 6. The van der Waals surface area contributed by atoms with Crippen LogP contribution in [0.4, 0.5) is 0 Å². The fraction of sp³-hybridized carbons (Fsp3) is 0.381. The highest BCUT2D eigenvalue weighted by Gasteiger charge is 2.22. The molecule has 1 aromatic carbocycles. The first kappa shape index (κ1) is 19.8. The molecule has 7 nitrogen and oxygen atoms in total. The van der Waals surface area contributed by atoms with Gasteiger partial charge in [-0.2, -0.15) is 0 Å². The third-order valence-electron chi connectivity index (χ3n) is 5.01. The van der Waals surface area contributed by atoms with Gasteiger partial charge in [-0.3, -0.25) is 18.9 Å². The smallest absolute Gasteiger partial charge is 0.271 e. The van der Waals surface area contributed by atoms with Crippen molar-refractivity contribution in [2.24, 2.45) is 0 Å². The third-order valence-corrected chi connectivity index (χ3v) is 5.92. The highest BCUT2D eigenvalue weighted by atomic mass is 32.1. The second kappa shape index (κ2) is 8.86. The minimum Gasteiger partial charge on any atom is -0.379 e. The summed E-state index contributed by atoms with van der Waals surface area (Å²) in [4.78, 5) is 33.8. The first-order valence-electron chi connectivity index (χ1n) is 9.73. The maximum atomic E-state index is 13.0. The molecule has 0 radical (unpaired) electrons. The molecular formula is C21H24N4O3S. The molecule has 1 N–H and O–H groups in total. The van der Waals surface area contributed by atoms with Crippen molar-refractivity contribution in [2.75, 3.05) is 32.8 Å². The molecule has 1 amide bonds. The van der Waals surface area contributed by atoms with Gasteiger partial charge in [0, 0.05) is 42.9 Å². The summed E-state index contributed by atoms with van der Waals surface area (Å²) in [5.74, 6) is -0.380. The second-order valence-corrected chi connectivity index (χ2v) is 8.46. The monoisotopic (exact) mass is 412 g/mol. The lowest BCUT2D eigenvalue weighted by Crippen LogP contribution is -2.49. The minimum atomic E-state index is -0.380. The van der Waals surface area contributed by atoms with Gasteiger partial charge in [-0.05, 0) is 18.9 Å². The van der Waals surface area contributed by atoms with Gasteiger partial charge < -0.3 is 10.1 Å². The number of ether oxygens (including phenoxy) is 1. The van der Waals surface area contributed by atoms with Crippen LogP contribution in [0.3, 0.4) is 0 Å². The van der Waals surface area contributed by atoms with Crippen molar-refractivity contribution in [1.29, 1.82) is 0 Å². The lowest BCUT2D eigenvalue weighted by molar-refractivity contribution is 0.0333. The Labute approximate surface area is 173 Å². The summed E-state index contributed by atoms with van der Waals surface area (Å²) < 4.78 is 6.88. The van der Waals surface area contributed by atoms with Crippen LogP contribution in [0.25, 0.3) is 4.96 Å². The summed E-state index contributed by atoms with van der Waals surface area (Å²) in [7, 11) is 0. The number of nitrogens with zero attached hydrogens (tertiary/aromatic N) is 3. The van der Waals surface area contributed by atoms with E-state index < -0.39 is 0 Å². The van der Waals surface area contributed by atoms with Crippen LogP contribution >= 0.6 is 11.3 Å². The van der Waals surface area contributed by atoms with Crippen LogP contribution in [0.2, 0.25) is 0 Å². The van der Waals surface area contributed by atoms with Crippen LogP contribution < -0.4 is 10.9 Å². The Bertz CT molecular complexity index is 1040. The Morgan fingerprint density at radius 2 is 2.03 bits per heavy atom. The second-order valence-electron chi connectivity index (χ2n) is 7.24. The van der Waals surface area contributed by atoms with Crippen molar-refractivity contribution in [2.45, 2.75) is 19.4 Å². The highest BCUT2D eigenvalue weighted by molar-refractivity contribution is 7.16. The summed E-state index contributed by atoms with van der Waals surface area (Å²) >= 11 is 1.43. The van der Waals surface area contributed by atoms with Gasteiger partial charge >= 0.3 is 0 Å². The zero-order valence-corrected chi connectivity index (χ0v) is 17.2. The standard InChI is InChI=1S/C21H24N4O3S/c1-15-13-25-20(27)18(12-22-21(25)29-15)19(26)23-17(11-16-5-3-2-4-6-16)14-24-7-9-28-10-8-24/h2-6,12-13,17H,7-11,14H2,1H3,(H,23,26). The van der Waals surface area contributed by atoms with Gasteiger partial charge in [0.2, 0.25) is 0 Å². The molecule has 0 spiro atoms. The maximum Gasteiger partial charge on any atom is 0.271 e. The fourth-order valence-corrected chi connectivity index (χ4v) is 4.35. The van der Waals surface area contributed by atoms with E-state index in [0.29, 0.717) is 31.1 Å². The van der Waals surface area contributed by atoms with E-state index in [2.05, 4.69) is 27.3 Å². The molecule has 0 saturated carbocycles. The van der Waals surface area contributed by atoms with Gasteiger partial charge in [0.25, 0.3) is 11.5 Å². The number of amides is 1. The van der Waals surface area contributed by atoms with Crippen molar-refractivity contribution in [3.63, 3.8) is 0 Å². The molecule has 1 saturated heterocycles. The lowest BCUT2D eigenvalue weighted by atomic mass is 10.0. The van der Waals surface area contributed by atoms with Crippen LogP contribution in [-0.2, 0) is 11.2 Å². The number of carbonyl (C=O) groups is 1. The quantitative estimate of drug-likeness (QED) is 0.667. The average Bonchev–Trinajstić information content (AvgIpc) is 3.11. The molecular weight excluding hydrogens is 388 g/mol. The normalized spacial score (nSPS) is 16.0. The van der Waals surface area contributed by atoms with E-state index in [1.54, 1.807) is 6.20 Å². The van der Waals surface area contributed by atoms with E-state index in [1.807, 2.05) is 25.1 Å². The molecule has 0 aliphatic carbocycles. The van der Waals surface area contributed by atoms with Crippen LogP contribution in [0.15, 0.2) is 47.5 Å². The number of benzene rings is 1. The van der Waals surface area contributed by atoms with E-state index in [4.69, 9.17) is 4.74 Å². The summed E-state index contributed by atoms with van der Waals surface area (Å²) in [5, 5.41) is 3.07. The van der Waals surface area contributed by atoms with Gasteiger partial charge in [0.1, 0.15) is 5.56 Å². The molecule has 4 rings (SSSR count). The van der Waals surface area contributed by atoms with Gasteiger partial charge in [-0.25, -0.2) is 4.98 Å². The molecule has 3 heterocycles. The molecule has 1 fully saturated rings. The highest BCUT2D eigenvalue weighted by Crippen LogP contribution is 2.13. The van der Waals surface area contributed by atoms with Gasteiger partial charge in [-0.1, -0.05) is 30.3 Å². The molecule has 1 aliphatic heterocycles. The number of nitrogens with one attached hydrogen (secondary N) is 1. The largest absolute Gasteiger partial charge is 0.379 e. The number of aryl methyl sites for hydroxylation is 1.